The number of allylic oxidation sites excluding steroid dienone is 1. The number of benzene rings is 2. The molecule has 1 N–H and O–H groups in total. The quantitative estimate of drug-likeness (QED) is 0.724. The van der Waals surface area contributed by atoms with Crippen molar-refractivity contribution in [2.75, 3.05) is 12.4 Å². The van der Waals surface area contributed by atoms with E-state index in [0.29, 0.717) is 17.9 Å². The molecule has 0 amide bonds. The van der Waals surface area contributed by atoms with Gasteiger partial charge < -0.3 is 10.1 Å². The lowest BCUT2D eigenvalue weighted by atomic mass is 9.94. The lowest BCUT2D eigenvalue weighted by molar-refractivity contribution is -0.136. The van der Waals surface area contributed by atoms with Gasteiger partial charge in [0.2, 0.25) is 5.95 Å². The Labute approximate surface area is 150 Å². The van der Waals surface area contributed by atoms with Crippen LogP contribution in [0.4, 0.5) is 10.3 Å². The Morgan fingerprint density at radius 3 is 2.65 bits per heavy atom. The summed E-state index contributed by atoms with van der Waals surface area (Å²) >= 11 is 0. The number of carbonyl (C=O) groups excluding carboxylic acids is 1. The second kappa shape index (κ2) is 6.29. The van der Waals surface area contributed by atoms with Gasteiger partial charge in [-0.15, -0.1) is 0 Å². The Bertz CT molecular complexity index is 1020. The standard InChI is InChI=1S/C20H18FN3O2/c1-3-14-17(19(25)26-2)18(12-8-10-13(21)11-9-12)24-16-7-5-4-6-15(16)23-20(24)22-14/h4-11,18H,3H2,1-2H3,(H,22,23)/t18-/m0/s1. The number of aromatic nitrogens is 2. The average molecular weight is 351 g/mol. The van der Waals surface area contributed by atoms with Crippen LogP contribution in [-0.4, -0.2) is 22.6 Å². The number of ether oxygens (including phenoxy) is 1. The number of carbonyl (C=O) groups is 1. The highest BCUT2D eigenvalue weighted by Crippen LogP contribution is 2.40. The Morgan fingerprint density at radius 1 is 1.23 bits per heavy atom. The van der Waals surface area contributed by atoms with Gasteiger partial charge in [0.25, 0.3) is 0 Å². The molecule has 0 radical (unpaired) electrons. The van der Waals surface area contributed by atoms with E-state index in [9.17, 15) is 9.18 Å². The van der Waals surface area contributed by atoms with Crippen LogP contribution in [0.1, 0.15) is 24.9 Å². The van der Waals surface area contributed by atoms with Crippen molar-refractivity contribution in [2.45, 2.75) is 19.4 Å². The first-order chi connectivity index (χ1) is 12.6. The molecule has 3 aromatic rings. The van der Waals surface area contributed by atoms with E-state index in [-0.39, 0.29) is 5.82 Å². The predicted octanol–water partition coefficient (Wildman–Crippen LogP) is 4.03. The number of nitrogens with zero attached hydrogens (tertiary/aromatic N) is 2. The number of imidazole rings is 1. The summed E-state index contributed by atoms with van der Waals surface area (Å²) in [6.07, 6.45) is 0.616. The lowest BCUT2D eigenvalue weighted by Gasteiger charge is -2.30. The van der Waals surface area contributed by atoms with E-state index >= 15 is 0 Å². The number of esters is 1. The number of methoxy groups -OCH3 is 1. The van der Waals surface area contributed by atoms with Gasteiger partial charge in [0.15, 0.2) is 0 Å². The number of para-hydroxylation sites is 2. The molecule has 1 aliphatic heterocycles. The molecule has 2 aromatic carbocycles. The van der Waals surface area contributed by atoms with Crippen LogP contribution in [-0.2, 0) is 9.53 Å². The normalized spacial score (nSPS) is 16.3. The molecule has 2 heterocycles. The number of hydrogen-bond donors (Lipinski definition) is 1. The third-order valence-electron chi connectivity index (χ3n) is 4.66. The zero-order valence-electron chi connectivity index (χ0n) is 14.5. The summed E-state index contributed by atoms with van der Waals surface area (Å²) in [5, 5.41) is 3.27. The van der Waals surface area contributed by atoms with Crippen molar-refractivity contribution in [3.63, 3.8) is 0 Å². The number of nitrogens with one attached hydrogen (secondary N) is 1. The van der Waals surface area contributed by atoms with Crippen LogP contribution < -0.4 is 5.32 Å². The van der Waals surface area contributed by atoms with Crippen LogP contribution in [0, 0.1) is 5.82 Å². The number of fused-ring (bicyclic) bond motifs is 3. The summed E-state index contributed by atoms with van der Waals surface area (Å²) in [6.45, 7) is 1.96. The molecular formula is C20H18FN3O2. The van der Waals surface area contributed by atoms with E-state index in [2.05, 4.69) is 10.3 Å². The van der Waals surface area contributed by atoms with Crippen LogP contribution in [0.2, 0.25) is 0 Å². The van der Waals surface area contributed by atoms with E-state index in [1.54, 1.807) is 12.1 Å². The minimum atomic E-state index is -0.443. The summed E-state index contributed by atoms with van der Waals surface area (Å²) in [6, 6.07) is 13.5. The summed E-state index contributed by atoms with van der Waals surface area (Å²) in [5.41, 5.74) is 3.78. The maximum atomic E-state index is 13.5. The maximum Gasteiger partial charge on any atom is 0.338 e. The first kappa shape index (κ1) is 16.3. The summed E-state index contributed by atoms with van der Waals surface area (Å²) < 4.78 is 20.5. The van der Waals surface area contributed by atoms with Gasteiger partial charge >= 0.3 is 5.97 Å². The average Bonchev–Trinajstić information content (AvgIpc) is 3.04. The zero-order chi connectivity index (χ0) is 18.3. The molecule has 0 aliphatic carbocycles. The largest absolute Gasteiger partial charge is 0.466 e. The van der Waals surface area contributed by atoms with Crippen molar-refractivity contribution in [3.8, 4) is 0 Å². The van der Waals surface area contributed by atoms with Crippen molar-refractivity contribution in [3.05, 3.63) is 71.2 Å². The van der Waals surface area contributed by atoms with Gasteiger partial charge in [0, 0.05) is 5.70 Å². The zero-order valence-corrected chi connectivity index (χ0v) is 14.5. The highest BCUT2D eigenvalue weighted by molar-refractivity contribution is 5.94. The molecule has 4 rings (SSSR count). The van der Waals surface area contributed by atoms with Crippen LogP contribution in [0.25, 0.3) is 11.0 Å². The minimum Gasteiger partial charge on any atom is -0.466 e. The smallest absolute Gasteiger partial charge is 0.338 e. The summed E-state index contributed by atoms with van der Waals surface area (Å²) in [4.78, 5) is 17.3. The number of anilines is 1. The topological polar surface area (TPSA) is 56.2 Å². The predicted molar refractivity (Wildman–Crippen MR) is 97.2 cm³/mol. The first-order valence-electron chi connectivity index (χ1n) is 8.44. The number of rotatable bonds is 3. The van der Waals surface area contributed by atoms with E-state index in [4.69, 9.17) is 4.74 Å². The molecule has 1 aromatic heterocycles. The molecule has 6 heteroatoms. The van der Waals surface area contributed by atoms with Gasteiger partial charge in [0.1, 0.15) is 5.82 Å². The Kier molecular flexibility index (Phi) is 3.95. The van der Waals surface area contributed by atoms with Crippen molar-refractivity contribution in [2.24, 2.45) is 0 Å². The Morgan fingerprint density at radius 2 is 1.96 bits per heavy atom. The molecule has 0 saturated heterocycles. The van der Waals surface area contributed by atoms with Crippen LogP contribution in [0.15, 0.2) is 59.8 Å². The monoisotopic (exact) mass is 351 g/mol. The number of hydrogen-bond acceptors (Lipinski definition) is 4. The maximum absolute atomic E-state index is 13.5. The molecule has 1 atom stereocenters. The highest BCUT2D eigenvalue weighted by atomic mass is 19.1. The fourth-order valence-corrected chi connectivity index (χ4v) is 3.47. The molecule has 0 bridgehead atoms. The minimum absolute atomic E-state index is 0.322. The molecule has 26 heavy (non-hydrogen) atoms. The van der Waals surface area contributed by atoms with E-state index in [1.807, 2.05) is 35.8 Å². The fourth-order valence-electron chi connectivity index (χ4n) is 3.47. The third kappa shape index (κ3) is 2.45. The van der Waals surface area contributed by atoms with E-state index in [0.717, 1.165) is 22.3 Å². The second-order valence-electron chi connectivity index (χ2n) is 6.11. The van der Waals surface area contributed by atoms with Gasteiger partial charge in [-0.3, -0.25) is 4.57 Å². The third-order valence-corrected chi connectivity index (χ3v) is 4.66. The number of halogens is 1. The molecule has 0 spiro atoms. The molecular weight excluding hydrogens is 333 g/mol. The summed E-state index contributed by atoms with van der Waals surface area (Å²) in [5.74, 6) is -0.0742. The molecule has 5 nitrogen and oxygen atoms in total. The fraction of sp³-hybridized carbons (Fsp3) is 0.200. The SMILES string of the molecule is CCC1=C(C(=O)OC)[C@H](c2ccc(F)cc2)n2c(nc3ccccc32)N1. The van der Waals surface area contributed by atoms with Crippen LogP contribution >= 0.6 is 0 Å². The van der Waals surface area contributed by atoms with Gasteiger partial charge in [-0.25, -0.2) is 14.2 Å². The second-order valence-corrected chi connectivity index (χ2v) is 6.11. The molecule has 1 aliphatic rings. The van der Waals surface area contributed by atoms with Gasteiger partial charge in [-0.1, -0.05) is 31.2 Å². The van der Waals surface area contributed by atoms with Crippen LogP contribution in [0.3, 0.4) is 0 Å². The molecule has 132 valence electrons. The van der Waals surface area contributed by atoms with Gasteiger partial charge in [-0.2, -0.15) is 0 Å². The lowest BCUT2D eigenvalue weighted by Crippen LogP contribution is -2.29. The Balaban J connectivity index is 2.02. The van der Waals surface area contributed by atoms with Gasteiger partial charge in [-0.05, 0) is 36.2 Å². The van der Waals surface area contributed by atoms with Crippen molar-refractivity contribution < 1.29 is 13.9 Å². The Hall–Kier alpha value is -3.15. The van der Waals surface area contributed by atoms with Crippen molar-refractivity contribution >= 4 is 23.0 Å². The van der Waals surface area contributed by atoms with E-state index in [1.165, 1.54) is 19.2 Å². The first-order valence-corrected chi connectivity index (χ1v) is 8.44. The molecule has 0 saturated carbocycles. The van der Waals surface area contributed by atoms with Gasteiger partial charge in [0.05, 0.1) is 29.8 Å². The molecule has 0 unspecified atom stereocenters. The highest BCUT2D eigenvalue weighted by Gasteiger charge is 2.35. The van der Waals surface area contributed by atoms with Crippen molar-refractivity contribution in [1.82, 2.24) is 9.55 Å². The van der Waals surface area contributed by atoms with E-state index < -0.39 is 12.0 Å². The van der Waals surface area contributed by atoms with Crippen molar-refractivity contribution in [1.29, 1.82) is 0 Å². The van der Waals surface area contributed by atoms with Crippen LogP contribution in [0.5, 0.6) is 0 Å². The summed E-state index contributed by atoms with van der Waals surface area (Å²) in [7, 11) is 1.37. The molecule has 0 fully saturated rings.